The lowest BCUT2D eigenvalue weighted by Gasteiger charge is -2.22. The van der Waals surface area contributed by atoms with Gasteiger partial charge in [-0.1, -0.05) is 11.6 Å². The molecule has 0 bridgehead atoms. The first kappa shape index (κ1) is 18.3. The first-order valence-electron chi connectivity index (χ1n) is 8.11. The van der Waals surface area contributed by atoms with Crippen molar-refractivity contribution in [3.63, 3.8) is 0 Å². The number of benzene rings is 1. The Morgan fingerprint density at radius 1 is 1.15 bits per heavy atom. The zero-order chi connectivity index (χ0) is 18.8. The van der Waals surface area contributed by atoms with E-state index in [4.69, 9.17) is 25.8 Å². The molecule has 0 spiro atoms. The highest BCUT2D eigenvalue weighted by atomic mass is 35.5. The largest absolute Gasteiger partial charge is 0.493 e. The van der Waals surface area contributed by atoms with Gasteiger partial charge < -0.3 is 19.1 Å². The Hall–Kier alpha value is -2.54. The molecule has 0 unspecified atom stereocenters. The highest BCUT2D eigenvalue weighted by Gasteiger charge is 2.31. The van der Waals surface area contributed by atoms with E-state index in [1.165, 1.54) is 7.11 Å². The molecule has 0 amide bonds. The Labute approximate surface area is 156 Å². The number of aromatic nitrogens is 2. The van der Waals surface area contributed by atoms with Crippen LogP contribution in [0.3, 0.4) is 0 Å². The number of hydrogen-bond acceptors (Lipinski definition) is 7. The number of carbonyl (C=O) groups excluding carboxylic acids is 1. The van der Waals surface area contributed by atoms with Crippen LogP contribution in [0.15, 0.2) is 18.2 Å². The molecular weight excluding hydrogens is 358 g/mol. The Morgan fingerprint density at radius 2 is 1.85 bits per heavy atom. The van der Waals surface area contributed by atoms with Crippen LogP contribution in [0.4, 0.5) is 11.5 Å². The molecule has 2 aromatic rings. The summed E-state index contributed by atoms with van der Waals surface area (Å²) in [5, 5.41) is 0.151. The van der Waals surface area contributed by atoms with Crippen LogP contribution < -0.4 is 14.4 Å². The lowest BCUT2D eigenvalue weighted by molar-refractivity contribution is 0.0593. The maximum Gasteiger partial charge on any atom is 0.358 e. The zero-order valence-electron chi connectivity index (χ0n) is 15.1. The van der Waals surface area contributed by atoms with E-state index in [1.807, 2.05) is 19.2 Å². The van der Waals surface area contributed by atoms with E-state index in [0.29, 0.717) is 23.1 Å². The molecule has 0 saturated heterocycles. The summed E-state index contributed by atoms with van der Waals surface area (Å²) >= 11 is 6.43. The number of halogens is 1. The molecule has 7 nitrogen and oxygen atoms in total. The van der Waals surface area contributed by atoms with Gasteiger partial charge in [-0.15, -0.1) is 0 Å². The Bertz CT molecular complexity index is 839. The van der Waals surface area contributed by atoms with Crippen molar-refractivity contribution in [2.45, 2.75) is 18.8 Å². The summed E-state index contributed by atoms with van der Waals surface area (Å²) in [5.74, 6) is 1.92. The topological polar surface area (TPSA) is 73.8 Å². The number of carbonyl (C=O) groups is 1. The fourth-order valence-electron chi connectivity index (χ4n) is 2.59. The predicted molar refractivity (Wildman–Crippen MR) is 98.0 cm³/mol. The molecular formula is C18H20ClN3O4. The lowest BCUT2D eigenvalue weighted by Crippen LogP contribution is -2.17. The van der Waals surface area contributed by atoms with Crippen LogP contribution in [0.25, 0.3) is 0 Å². The van der Waals surface area contributed by atoms with E-state index >= 15 is 0 Å². The van der Waals surface area contributed by atoms with E-state index in [9.17, 15) is 4.79 Å². The fourth-order valence-corrected chi connectivity index (χ4v) is 2.87. The third kappa shape index (κ3) is 3.39. The molecule has 0 N–H and O–H groups in total. The number of anilines is 2. The first-order valence-corrected chi connectivity index (χ1v) is 8.49. The summed E-state index contributed by atoms with van der Waals surface area (Å²) in [5.41, 5.74) is 0.856. The second kappa shape index (κ2) is 7.37. The zero-order valence-corrected chi connectivity index (χ0v) is 15.8. The average molecular weight is 378 g/mol. The molecule has 0 radical (unpaired) electrons. The molecule has 8 heteroatoms. The van der Waals surface area contributed by atoms with Crippen molar-refractivity contribution in [2.24, 2.45) is 0 Å². The second-order valence-corrected chi connectivity index (χ2v) is 6.31. The summed E-state index contributed by atoms with van der Waals surface area (Å²) < 4.78 is 15.4. The van der Waals surface area contributed by atoms with E-state index < -0.39 is 5.97 Å². The van der Waals surface area contributed by atoms with Crippen LogP contribution >= 0.6 is 11.6 Å². The van der Waals surface area contributed by atoms with Crippen LogP contribution in [0.2, 0.25) is 5.02 Å². The van der Waals surface area contributed by atoms with E-state index in [-0.39, 0.29) is 16.6 Å². The minimum atomic E-state index is -0.582. The Kier molecular flexibility index (Phi) is 5.18. The standard InChI is InChI=1S/C18H20ClN3O4/c1-22(11-7-8-12(24-2)13(9-11)25-3)17-14(19)15(18(23)26-4)20-16(21-17)10-5-6-10/h7-10H,5-6H2,1-4H3. The molecule has 1 aromatic carbocycles. The molecule has 1 aliphatic rings. The van der Waals surface area contributed by atoms with Crippen LogP contribution in [0.5, 0.6) is 11.5 Å². The number of nitrogens with zero attached hydrogens (tertiary/aromatic N) is 3. The van der Waals surface area contributed by atoms with Gasteiger partial charge >= 0.3 is 5.97 Å². The van der Waals surface area contributed by atoms with Crippen molar-refractivity contribution < 1.29 is 19.0 Å². The van der Waals surface area contributed by atoms with Gasteiger partial charge in [0.05, 0.1) is 21.3 Å². The van der Waals surface area contributed by atoms with Gasteiger partial charge in [0, 0.05) is 24.7 Å². The van der Waals surface area contributed by atoms with Gasteiger partial charge in [0.25, 0.3) is 0 Å². The molecule has 1 aromatic heterocycles. The SMILES string of the molecule is COC(=O)c1nc(C2CC2)nc(N(C)c2ccc(OC)c(OC)c2)c1Cl. The van der Waals surface area contributed by atoms with E-state index in [1.54, 1.807) is 25.2 Å². The molecule has 0 atom stereocenters. The van der Waals surface area contributed by atoms with E-state index in [0.717, 1.165) is 18.5 Å². The second-order valence-electron chi connectivity index (χ2n) is 5.93. The Balaban J connectivity index is 2.07. The van der Waals surface area contributed by atoms with Crippen LogP contribution in [-0.2, 0) is 4.74 Å². The van der Waals surface area contributed by atoms with Gasteiger partial charge in [-0.05, 0) is 25.0 Å². The van der Waals surface area contributed by atoms with Gasteiger partial charge in [0.1, 0.15) is 10.8 Å². The highest BCUT2D eigenvalue weighted by molar-refractivity contribution is 6.35. The molecule has 3 rings (SSSR count). The maximum absolute atomic E-state index is 12.1. The van der Waals surface area contributed by atoms with Gasteiger partial charge in [-0.3, -0.25) is 0 Å². The van der Waals surface area contributed by atoms with Crippen LogP contribution in [-0.4, -0.2) is 44.3 Å². The number of rotatable bonds is 6. The van der Waals surface area contributed by atoms with Crippen molar-refractivity contribution in [1.29, 1.82) is 0 Å². The lowest BCUT2D eigenvalue weighted by atomic mass is 10.2. The van der Waals surface area contributed by atoms with Gasteiger partial charge in [0.15, 0.2) is 23.0 Å². The maximum atomic E-state index is 12.1. The summed E-state index contributed by atoms with van der Waals surface area (Å²) in [6.45, 7) is 0. The van der Waals surface area contributed by atoms with Crippen LogP contribution in [0.1, 0.15) is 35.1 Å². The highest BCUT2D eigenvalue weighted by Crippen LogP contribution is 2.41. The third-order valence-corrected chi connectivity index (χ3v) is 4.59. The first-order chi connectivity index (χ1) is 12.5. The van der Waals surface area contributed by atoms with E-state index in [2.05, 4.69) is 9.97 Å². The minimum Gasteiger partial charge on any atom is -0.493 e. The number of methoxy groups -OCH3 is 3. The number of esters is 1. The predicted octanol–water partition coefficient (Wildman–Crippen LogP) is 3.58. The molecule has 1 aliphatic carbocycles. The molecule has 1 saturated carbocycles. The monoisotopic (exact) mass is 377 g/mol. The van der Waals surface area contributed by atoms with Crippen molar-refractivity contribution in [3.8, 4) is 11.5 Å². The van der Waals surface area contributed by atoms with Crippen molar-refractivity contribution in [3.05, 3.63) is 34.7 Å². The normalized spacial score (nSPS) is 13.3. The fraction of sp³-hybridized carbons (Fsp3) is 0.389. The molecule has 26 heavy (non-hydrogen) atoms. The smallest absolute Gasteiger partial charge is 0.358 e. The van der Waals surface area contributed by atoms with Gasteiger partial charge in [-0.25, -0.2) is 14.8 Å². The van der Waals surface area contributed by atoms with Crippen molar-refractivity contribution >= 4 is 29.1 Å². The number of hydrogen-bond donors (Lipinski definition) is 0. The third-order valence-electron chi connectivity index (χ3n) is 4.24. The molecule has 1 heterocycles. The summed E-state index contributed by atoms with van der Waals surface area (Å²) in [7, 11) is 6.26. The average Bonchev–Trinajstić information content (AvgIpc) is 3.51. The molecule has 138 valence electrons. The van der Waals surface area contributed by atoms with Crippen LogP contribution in [0, 0.1) is 0 Å². The molecule has 0 aliphatic heterocycles. The Morgan fingerprint density at radius 3 is 2.42 bits per heavy atom. The molecule has 1 fully saturated rings. The quantitative estimate of drug-likeness (QED) is 0.712. The van der Waals surface area contributed by atoms with Gasteiger partial charge in [0.2, 0.25) is 0 Å². The summed E-state index contributed by atoms with van der Waals surface area (Å²) in [6.07, 6.45) is 2.00. The van der Waals surface area contributed by atoms with Crippen molar-refractivity contribution in [1.82, 2.24) is 9.97 Å². The minimum absolute atomic E-state index is 0.0772. The van der Waals surface area contributed by atoms with Gasteiger partial charge in [-0.2, -0.15) is 0 Å². The van der Waals surface area contributed by atoms with Crippen molar-refractivity contribution in [2.75, 3.05) is 33.3 Å². The summed E-state index contributed by atoms with van der Waals surface area (Å²) in [6, 6.07) is 5.46. The summed E-state index contributed by atoms with van der Waals surface area (Å²) in [4.78, 5) is 22.8. The number of ether oxygens (including phenoxy) is 3.